The normalized spacial score (nSPS) is 21.2. The van der Waals surface area contributed by atoms with Gasteiger partial charge in [0.25, 0.3) is 12.3 Å². The lowest BCUT2D eigenvalue weighted by Crippen LogP contribution is -2.36. The number of ether oxygens (including phenoxy) is 1. The topological polar surface area (TPSA) is 107 Å². The molecule has 0 unspecified atom stereocenters. The molecule has 0 spiro atoms. The van der Waals surface area contributed by atoms with Crippen LogP contribution in [0, 0.1) is 5.92 Å². The number of anilines is 2. The summed E-state index contributed by atoms with van der Waals surface area (Å²) in [6, 6.07) is 1.72. The molecule has 3 aromatic rings. The molecule has 3 aromatic heterocycles. The second kappa shape index (κ2) is 9.45. The third-order valence-corrected chi connectivity index (χ3v) is 6.46. The van der Waals surface area contributed by atoms with Gasteiger partial charge in [0, 0.05) is 31.4 Å². The number of hydrogen-bond donors (Lipinski definition) is 1. The zero-order chi connectivity index (χ0) is 23.7. The fourth-order valence-corrected chi connectivity index (χ4v) is 4.53. The molecule has 10 nitrogen and oxygen atoms in total. The minimum Gasteiger partial charge on any atom is -0.378 e. The summed E-state index contributed by atoms with van der Waals surface area (Å²) >= 11 is 0. The van der Waals surface area contributed by atoms with Crippen molar-refractivity contribution in [1.82, 2.24) is 24.4 Å². The molecule has 1 aliphatic carbocycles. The predicted octanol–water partition coefficient (Wildman–Crippen LogP) is 2.88. The second-order valence-electron chi connectivity index (χ2n) is 8.58. The summed E-state index contributed by atoms with van der Waals surface area (Å²) in [5.41, 5.74) is -0.0141. The molecule has 34 heavy (non-hydrogen) atoms. The van der Waals surface area contributed by atoms with Gasteiger partial charge in [-0.1, -0.05) is 0 Å². The fraction of sp³-hybridized carbons (Fsp3) is 0.500. The summed E-state index contributed by atoms with van der Waals surface area (Å²) in [5, 5.41) is 10.8. The van der Waals surface area contributed by atoms with Crippen molar-refractivity contribution in [2.75, 3.05) is 36.5 Å². The van der Waals surface area contributed by atoms with Crippen LogP contribution in [0.5, 0.6) is 0 Å². The van der Waals surface area contributed by atoms with Gasteiger partial charge in [0.05, 0.1) is 31.1 Å². The van der Waals surface area contributed by atoms with Crippen molar-refractivity contribution in [2.24, 2.45) is 5.92 Å². The lowest BCUT2D eigenvalue weighted by Gasteiger charge is -2.27. The summed E-state index contributed by atoms with van der Waals surface area (Å²) in [5.74, 6) is 0.108. The first-order valence-electron chi connectivity index (χ1n) is 11.3. The molecule has 1 saturated carbocycles. The fourth-order valence-electron chi connectivity index (χ4n) is 4.53. The number of halogens is 2. The Labute approximate surface area is 193 Å². The highest BCUT2D eigenvalue weighted by molar-refractivity contribution is 6.08. The molecule has 0 aromatic carbocycles. The van der Waals surface area contributed by atoms with E-state index in [1.165, 1.54) is 21.6 Å². The number of carbonyl (C=O) groups excluding carboxylic acids is 2. The monoisotopic (exact) mass is 473 g/mol. The van der Waals surface area contributed by atoms with Crippen LogP contribution in [0.15, 0.2) is 24.7 Å². The van der Waals surface area contributed by atoms with Crippen LogP contribution in [0.3, 0.4) is 0 Å². The van der Waals surface area contributed by atoms with E-state index < -0.39 is 18.0 Å². The number of morpholine rings is 1. The van der Waals surface area contributed by atoms with Gasteiger partial charge in [0.15, 0.2) is 11.3 Å². The third-order valence-electron chi connectivity index (χ3n) is 6.46. The standard InChI is InChI=1S/C22H25F2N7O3/c23-20(24)19-17(12-31(28-19)15-3-1-14(13-32)2-4-15)26-22(33)16-11-25-30-6-5-18(27-21(16)30)29-7-9-34-10-8-29/h5-6,11-15,20H,1-4,7-10H2,(H,26,33)/t14-,15-. The number of hydrogen-bond acceptors (Lipinski definition) is 7. The van der Waals surface area contributed by atoms with E-state index in [1.54, 1.807) is 6.20 Å². The van der Waals surface area contributed by atoms with Crippen LogP contribution in [0.2, 0.25) is 0 Å². The van der Waals surface area contributed by atoms with Gasteiger partial charge in [-0.3, -0.25) is 9.48 Å². The van der Waals surface area contributed by atoms with E-state index in [1.807, 2.05) is 6.07 Å². The van der Waals surface area contributed by atoms with Gasteiger partial charge in [0.2, 0.25) is 0 Å². The van der Waals surface area contributed by atoms with Crippen molar-refractivity contribution in [3.05, 3.63) is 35.9 Å². The molecule has 4 heterocycles. The molecule has 0 radical (unpaired) electrons. The largest absolute Gasteiger partial charge is 0.378 e. The molecule has 0 bridgehead atoms. The number of alkyl halides is 2. The molecule has 1 saturated heterocycles. The number of nitrogens with zero attached hydrogens (tertiary/aromatic N) is 6. The Bertz CT molecular complexity index is 1180. The smallest absolute Gasteiger partial charge is 0.284 e. The Morgan fingerprint density at radius 3 is 2.68 bits per heavy atom. The zero-order valence-electron chi connectivity index (χ0n) is 18.4. The molecule has 12 heteroatoms. The number of nitrogens with one attached hydrogen (secondary N) is 1. The van der Waals surface area contributed by atoms with Crippen molar-refractivity contribution in [1.29, 1.82) is 0 Å². The maximum atomic E-state index is 13.7. The molecule has 2 aliphatic rings. The molecule has 2 fully saturated rings. The van der Waals surface area contributed by atoms with Crippen LogP contribution in [0.25, 0.3) is 5.65 Å². The highest BCUT2D eigenvalue weighted by atomic mass is 19.3. The van der Waals surface area contributed by atoms with Crippen molar-refractivity contribution >= 4 is 29.3 Å². The van der Waals surface area contributed by atoms with Gasteiger partial charge in [-0.15, -0.1) is 0 Å². The van der Waals surface area contributed by atoms with Crippen LogP contribution in [-0.4, -0.2) is 62.9 Å². The predicted molar refractivity (Wildman–Crippen MR) is 118 cm³/mol. The van der Waals surface area contributed by atoms with E-state index in [9.17, 15) is 18.4 Å². The quantitative estimate of drug-likeness (QED) is 0.549. The van der Waals surface area contributed by atoms with E-state index in [4.69, 9.17) is 4.74 Å². The summed E-state index contributed by atoms with van der Waals surface area (Å²) in [6.45, 7) is 2.56. The Morgan fingerprint density at radius 2 is 1.97 bits per heavy atom. The maximum absolute atomic E-state index is 13.7. The van der Waals surface area contributed by atoms with Crippen molar-refractivity contribution in [3.63, 3.8) is 0 Å². The average Bonchev–Trinajstić information content (AvgIpc) is 3.49. The van der Waals surface area contributed by atoms with Gasteiger partial charge in [-0.25, -0.2) is 18.3 Å². The molecule has 0 atom stereocenters. The SMILES string of the molecule is O=C[C@H]1CC[C@H](n2cc(NC(=O)c3cnn4ccc(N5CCOCC5)nc34)c(C(F)F)n2)CC1. The first-order chi connectivity index (χ1) is 16.5. The molecule has 5 rings (SSSR count). The van der Waals surface area contributed by atoms with E-state index in [-0.39, 0.29) is 23.2 Å². The Balaban J connectivity index is 1.38. The number of fused-ring (bicyclic) bond motifs is 1. The highest BCUT2D eigenvalue weighted by Crippen LogP contribution is 2.34. The summed E-state index contributed by atoms with van der Waals surface area (Å²) in [4.78, 5) is 30.7. The number of carbonyl (C=O) groups is 2. The number of aromatic nitrogens is 5. The van der Waals surface area contributed by atoms with Gasteiger partial charge < -0.3 is 19.7 Å². The Kier molecular flexibility index (Phi) is 6.22. The Morgan fingerprint density at radius 1 is 1.21 bits per heavy atom. The average molecular weight is 473 g/mol. The van der Waals surface area contributed by atoms with Gasteiger partial charge in [-0.05, 0) is 31.7 Å². The second-order valence-corrected chi connectivity index (χ2v) is 8.58. The molecule has 1 amide bonds. The highest BCUT2D eigenvalue weighted by Gasteiger charge is 2.27. The molecule has 1 N–H and O–H groups in total. The molecular weight excluding hydrogens is 448 g/mol. The van der Waals surface area contributed by atoms with Crippen LogP contribution in [-0.2, 0) is 9.53 Å². The van der Waals surface area contributed by atoms with Crippen LogP contribution in [0.1, 0.15) is 54.2 Å². The third kappa shape index (κ3) is 4.37. The van der Waals surface area contributed by atoms with E-state index in [2.05, 4.69) is 25.4 Å². The number of rotatable bonds is 6. The van der Waals surface area contributed by atoms with Crippen LogP contribution < -0.4 is 10.2 Å². The summed E-state index contributed by atoms with van der Waals surface area (Å²) in [7, 11) is 0. The van der Waals surface area contributed by atoms with Crippen molar-refractivity contribution in [3.8, 4) is 0 Å². The first-order valence-corrected chi connectivity index (χ1v) is 11.3. The molecular formula is C22H25F2N7O3. The lowest BCUT2D eigenvalue weighted by atomic mass is 9.87. The van der Waals surface area contributed by atoms with Gasteiger partial charge >= 0.3 is 0 Å². The molecule has 180 valence electrons. The minimum atomic E-state index is -2.85. The molecule has 1 aliphatic heterocycles. The van der Waals surface area contributed by atoms with E-state index in [0.29, 0.717) is 63.5 Å². The van der Waals surface area contributed by atoms with Crippen molar-refractivity contribution < 1.29 is 23.1 Å². The number of aldehydes is 1. The summed E-state index contributed by atoms with van der Waals surface area (Å²) < 4.78 is 35.8. The maximum Gasteiger partial charge on any atom is 0.284 e. The Hall–Kier alpha value is -3.41. The van der Waals surface area contributed by atoms with E-state index in [0.717, 1.165) is 6.29 Å². The van der Waals surface area contributed by atoms with Gasteiger partial charge in [0.1, 0.15) is 17.7 Å². The number of amides is 1. The minimum absolute atomic E-state index is 0.00558. The summed E-state index contributed by atoms with van der Waals surface area (Å²) in [6.07, 6.45) is 5.35. The lowest BCUT2D eigenvalue weighted by molar-refractivity contribution is -0.112. The first kappa shape index (κ1) is 22.4. The van der Waals surface area contributed by atoms with Crippen LogP contribution in [0.4, 0.5) is 20.3 Å². The van der Waals surface area contributed by atoms with Crippen LogP contribution >= 0.6 is 0 Å². The van der Waals surface area contributed by atoms with E-state index >= 15 is 0 Å². The van der Waals surface area contributed by atoms with Gasteiger partial charge in [-0.2, -0.15) is 10.2 Å². The zero-order valence-corrected chi connectivity index (χ0v) is 18.4. The van der Waals surface area contributed by atoms with Crippen molar-refractivity contribution in [2.45, 2.75) is 38.2 Å².